The summed E-state index contributed by atoms with van der Waals surface area (Å²) >= 11 is 0. The SMILES string of the molecule is CNCCS(=O)(=O)N(C)Cc1ccccn1. The van der Waals surface area contributed by atoms with Crippen LogP contribution >= 0.6 is 0 Å². The first-order valence-corrected chi connectivity index (χ1v) is 6.65. The summed E-state index contributed by atoms with van der Waals surface area (Å²) in [6.07, 6.45) is 1.66. The van der Waals surface area contributed by atoms with Crippen molar-refractivity contribution in [3.05, 3.63) is 30.1 Å². The maximum Gasteiger partial charge on any atom is 0.215 e. The van der Waals surface area contributed by atoms with E-state index in [0.29, 0.717) is 13.1 Å². The highest BCUT2D eigenvalue weighted by Gasteiger charge is 2.17. The second-order valence-electron chi connectivity index (χ2n) is 3.50. The van der Waals surface area contributed by atoms with Crippen LogP contribution in [0.25, 0.3) is 0 Å². The average molecular weight is 243 g/mol. The lowest BCUT2D eigenvalue weighted by molar-refractivity contribution is 0.461. The summed E-state index contributed by atoms with van der Waals surface area (Å²) in [7, 11) is 0.110. The topological polar surface area (TPSA) is 62.3 Å². The summed E-state index contributed by atoms with van der Waals surface area (Å²) in [5, 5.41) is 2.82. The Morgan fingerprint density at radius 2 is 2.19 bits per heavy atom. The minimum atomic E-state index is -3.19. The molecule has 0 aromatic carbocycles. The second kappa shape index (κ2) is 5.93. The molecule has 0 atom stereocenters. The molecule has 0 saturated heterocycles. The second-order valence-corrected chi connectivity index (χ2v) is 5.69. The maximum absolute atomic E-state index is 11.8. The van der Waals surface area contributed by atoms with Crippen LogP contribution in [0.4, 0.5) is 0 Å². The van der Waals surface area contributed by atoms with Crippen LogP contribution in [0.5, 0.6) is 0 Å². The number of rotatable bonds is 6. The molecule has 0 amide bonds. The monoisotopic (exact) mass is 243 g/mol. The van der Waals surface area contributed by atoms with Crippen molar-refractivity contribution in [1.29, 1.82) is 0 Å². The molecule has 0 spiro atoms. The van der Waals surface area contributed by atoms with Crippen molar-refractivity contribution in [2.75, 3.05) is 26.4 Å². The molecule has 1 aromatic heterocycles. The minimum absolute atomic E-state index is 0.104. The summed E-state index contributed by atoms with van der Waals surface area (Å²) in [5.41, 5.74) is 0.748. The molecule has 0 aliphatic heterocycles. The first-order valence-electron chi connectivity index (χ1n) is 5.05. The zero-order valence-corrected chi connectivity index (χ0v) is 10.4. The highest BCUT2D eigenvalue weighted by atomic mass is 32.2. The number of aromatic nitrogens is 1. The summed E-state index contributed by atoms with van der Waals surface area (Å²) in [6.45, 7) is 0.766. The molecule has 0 aliphatic rings. The normalized spacial score (nSPS) is 11.9. The standard InChI is InChI=1S/C10H17N3O2S/c1-11-7-8-16(14,15)13(2)9-10-5-3-4-6-12-10/h3-6,11H,7-9H2,1-2H3. The number of nitrogens with one attached hydrogen (secondary N) is 1. The molecular formula is C10H17N3O2S. The van der Waals surface area contributed by atoms with E-state index < -0.39 is 10.0 Å². The summed E-state index contributed by atoms with van der Waals surface area (Å²) < 4.78 is 24.8. The average Bonchev–Trinajstić information content (AvgIpc) is 2.28. The molecule has 1 heterocycles. The van der Waals surface area contributed by atoms with Crippen LogP contribution in [0.3, 0.4) is 0 Å². The van der Waals surface area contributed by atoms with Crippen LogP contribution < -0.4 is 5.32 Å². The molecule has 0 radical (unpaired) electrons. The molecule has 1 aromatic rings. The third kappa shape index (κ3) is 3.88. The molecule has 0 bridgehead atoms. The Hall–Kier alpha value is -0.980. The van der Waals surface area contributed by atoms with E-state index >= 15 is 0 Å². The number of hydrogen-bond acceptors (Lipinski definition) is 4. The van der Waals surface area contributed by atoms with Gasteiger partial charge < -0.3 is 5.32 Å². The third-order valence-electron chi connectivity index (χ3n) is 2.20. The van der Waals surface area contributed by atoms with E-state index in [2.05, 4.69) is 10.3 Å². The van der Waals surface area contributed by atoms with Crippen LogP contribution in [0.15, 0.2) is 24.4 Å². The van der Waals surface area contributed by atoms with E-state index in [0.717, 1.165) is 5.69 Å². The zero-order chi connectivity index (χ0) is 12.0. The first-order chi connectivity index (χ1) is 7.56. The van der Waals surface area contributed by atoms with Crippen LogP contribution in [0.1, 0.15) is 5.69 Å². The van der Waals surface area contributed by atoms with Crippen molar-refractivity contribution in [2.45, 2.75) is 6.54 Å². The molecule has 0 unspecified atom stereocenters. The lowest BCUT2D eigenvalue weighted by Gasteiger charge is -2.16. The van der Waals surface area contributed by atoms with Crippen molar-refractivity contribution in [3.8, 4) is 0 Å². The molecule has 0 fully saturated rings. The first kappa shape index (κ1) is 13.1. The Kier molecular flexibility index (Phi) is 4.85. The lowest BCUT2D eigenvalue weighted by atomic mass is 10.3. The third-order valence-corrected chi connectivity index (χ3v) is 3.99. The highest BCUT2D eigenvalue weighted by Crippen LogP contribution is 2.04. The highest BCUT2D eigenvalue weighted by molar-refractivity contribution is 7.89. The molecule has 0 saturated carbocycles. The van der Waals surface area contributed by atoms with Gasteiger partial charge in [0.15, 0.2) is 0 Å². The minimum Gasteiger partial charge on any atom is -0.319 e. The molecule has 1 N–H and O–H groups in total. The number of pyridine rings is 1. The van der Waals surface area contributed by atoms with Gasteiger partial charge >= 0.3 is 0 Å². The van der Waals surface area contributed by atoms with Gasteiger partial charge in [0.25, 0.3) is 0 Å². The molecule has 16 heavy (non-hydrogen) atoms. The molecular weight excluding hydrogens is 226 g/mol. The zero-order valence-electron chi connectivity index (χ0n) is 9.55. The van der Waals surface area contributed by atoms with Crippen molar-refractivity contribution in [3.63, 3.8) is 0 Å². The van der Waals surface area contributed by atoms with Crippen molar-refractivity contribution in [2.24, 2.45) is 0 Å². The summed E-state index contributed by atoms with van der Waals surface area (Å²) in [6, 6.07) is 5.46. The number of sulfonamides is 1. The number of hydrogen-bond donors (Lipinski definition) is 1. The van der Waals surface area contributed by atoms with Gasteiger partial charge in [0, 0.05) is 19.8 Å². The van der Waals surface area contributed by atoms with Gasteiger partial charge in [0.2, 0.25) is 10.0 Å². The fourth-order valence-electron chi connectivity index (χ4n) is 1.21. The van der Waals surface area contributed by atoms with Gasteiger partial charge in [-0.25, -0.2) is 8.42 Å². The van der Waals surface area contributed by atoms with Gasteiger partial charge in [0.1, 0.15) is 0 Å². The van der Waals surface area contributed by atoms with Gasteiger partial charge in [0.05, 0.1) is 18.0 Å². The smallest absolute Gasteiger partial charge is 0.215 e. The Balaban J connectivity index is 2.61. The molecule has 1 rings (SSSR count). The van der Waals surface area contributed by atoms with E-state index in [1.165, 1.54) is 4.31 Å². The Bertz CT molecular complexity index is 405. The van der Waals surface area contributed by atoms with Crippen LogP contribution in [-0.4, -0.2) is 44.1 Å². The van der Waals surface area contributed by atoms with E-state index in [4.69, 9.17) is 0 Å². The van der Waals surface area contributed by atoms with Gasteiger partial charge in [-0.2, -0.15) is 4.31 Å². The quantitative estimate of drug-likeness (QED) is 0.767. The predicted octanol–water partition coefficient (Wildman–Crippen LogP) is 0.0626. The van der Waals surface area contributed by atoms with E-state index in [-0.39, 0.29) is 5.75 Å². The van der Waals surface area contributed by atoms with Gasteiger partial charge in [-0.3, -0.25) is 4.98 Å². The predicted molar refractivity (Wildman–Crippen MR) is 63.4 cm³/mol. The Morgan fingerprint density at radius 1 is 1.44 bits per heavy atom. The number of nitrogens with zero attached hydrogens (tertiary/aromatic N) is 2. The van der Waals surface area contributed by atoms with Crippen molar-refractivity contribution in [1.82, 2.24) is 14.6 Å². The molecule has 6 heteroatoms. The Morgan fingerprint density at radius 3 is 2.75 bits per heavy atom. The van der Waals surface area contributed by atoms with E-state index in [1.54, 1.807) is 26.4 Å². The lowest BCUT2D eigenvalue weighted by Crippen LogP contribution is -2.32. The molecule has 5 nitrogen and oxygen atoms in total. The summed E-state index contributed by atoms with van der Waals surface area (Å²) in [5.74, 6) is 0.104. The van der Waals surface area contributed by atoms with E-state index in [1.807, 2.05) is 12.1 Å². The largest absolute Gasteiger partial charge is 0.319 e. The van der Waals surface area contributed by atoms with Gasteiger partial charge in [-0.05, 0) is 19.2 Å². The Labute approximate surface area is 96.5 Å². The van der Waals surface area contributed by atoms with Crippen molar-refractivity contribution >= 4 is 10.0 Å². The maximum atomic E-state index is 11.8. The van der Waals surface area contributed by atoms with Crippen LogP contribution in [0, 0.1) is 0 Å². The van der Waals surface area contributed by atoms with Gasteiger partial charge in [-0.1, -0.05) is 6.07 Å². The molecule has 0 aliphatic carbocycles. The van der Waals surface area contributed by atoms with Crippen LogP contribution in [0.2, 0.25) is 0 Å². The summed E-state index contributed by atoms with van der Waals surface area (Å²) in [4.78, 5) is 4.09. The van der Waals surface area contributed by atoms with Crippen LogP contribution in [-0.2, 0) is 16.6 Å². The van der Waals surface area contributed by atoms with E-state index in [9.17, 15) is 8.42 Å². The molecule has 90 valence electrons. The van der Waals surface area contributed by atoms with Crippen molar-refractivity contribution < 1.29 is 8.42 Å². The fourth-order valence-corrected chi connectivity index (χ4v) is 2.31. The van der Waals surface area contributed by atoms with Gasteiger partial charge in [-0.15, -0.1) is 0 Å². The fraction of sp³-hybridized carbons (Fsp3) is 0.500.